The molecule has 1 unspecified atom stereocenters. The van der Waals surface area contributed by atoms with Crippen molar-refractivity contribution in [2.75, 3.05) is 33.4 Å². The second kappa shape index (κ2) is 5.28. The first-order valence-electron chi connectivity index (χ1n) is 6.29. The maximum atomic E-state index is 5.39. The fourth-order valence-electron chi connectivity index (χ4n) is 3.14. The molecule has 3 nitrogen and oxygen atoms in total. The van der Waals surface area contributed by atoms with Crippen molar-refractivity contribution in [3.8, 4) is 0 Å². The quantitative estimate of drug-likeness (QED) is 0.733. The second-order valence-corrected chi connectivity index (χ2v) is 5.14. The summed E-state index contributed by atoms with van der Waals surface area (Å²) in [4.78, 5) is 0. The molecule has 0 aromatic heterocycles. The maximum Gasteiger partial charge on any atom is 0.0644 e. The smallest absolute Gasteiger partial charge is 0.0644 e. The van der Waals surface area contributed by atoms with Crippen molar-refractivity contribution < 1.29 is 4.74 Å². The van der Waals surface area contributed by atoms with Gasteiger partial charge in [-0.3, -0.25) is 0 Å². The Kier molecular flexibility index (Phi) is 4.00. The molecular formula is C12H24N2O. The minimum Gasteiger partial charge on any atom is -0.383 e. The Balaban J connectivity index is 1.87. The van der Waals surface area contributed by atoms with Crippen LogP contribution in [0.5, 0.6) is 0 Å². The molecule has 1 atom stereocenters. The van der Waals surface area contributed by atoms with Crippen LogP contribution in [0.1, 0.15) is 32.1 Å². The van der Waals surface area contributed by atoms with Crippen LogP contribution in [0.25, 0.3) is 0 Å². The third kappa shape index (κ3) is 2.92. The summed E-state index contributed by atoms with van der Waals surface area (Å²) in [7, 11) is 1.82. The minimum absolute atomic E-state index is 0.302. The van der Waals surface area contributed by atoms with Crippen LogP contribution in [0.3, 0.4) is 0 Å². The minimum atomic E-state index is 0.302. The molecule has 0 amide bonds. The first-order chi connectivity index (χ1) is 7.35. The zero-order valence-corrected chi connectivity index (χ0v) is 9.85. The van der Waals surface area contributed by atoms with E-state index < -0.39 is 0 Å². The normalized spacial score (nSPS) is 33.4. The van der Waals surface area contributed by atoms with Crippen LogP contribution in [0.15, 0.2) is 0 Å². The largest absolute Gasteiger partial charge is 0.383 e. The van der Waals surface area contributed by atoms with Crippen LogP contribution in [0, 0.1) is 5.92 Å². The van der Waals surface area contributed by atoms with Gasteiger partial charge in [0.25, 0.3) is 0 Å². The van der Waals surface area contributed by atoms with Gasteiger partial charge in [-0.25, -0.2) is 0 Å². The first-order valence-corrected chi connectivity index (χ1v) is 6.29. The number of nitrogens with one attached hydrogen (secondary N) is 2. The molecule has 15 heavy (non-hydrogen) atoms. The Labute approximate surface area is 93.0 Å². The van der Waals surface area contributed by atoms with Gasteiger partial charge in [-0.2, -0.15) is 0 Å². The average molecular weight is 212 g/mol. The summed E-state index contributed by atoms with van der Waals surface area (Å²) in [6.07, 6.45) is 6.60. The molecule has 2 fully saturated rings. The van der Waals surface area contributed by atoms with Crippen molar-refractivity contribution in [1.29, 1.82) is 0 Å². The Morgan fingerprint density at radius 2 is 2.07 bits per heavy atom. The topological polar surface area (TPSA) is 33.3 Å². The Morgan fingerprint density at radius 1 is 1.27 bits per heavy atom. The summed E-state index contributed by atoms with van der Waals surface area (Å²) in [6, 6.07) is 0. The van der Waals surface area contributed by atoms with Gasteiger partial charge in [0, 0.05) is 12.6 Å². The Hall–Kier alpha value is -0.120. The summed E-state index contributed by atoms with van der Waals surface area (Å²) in [5, 5.41) is 7.11. The van der Waals surface area contributed by atoms with Crippen molar-refractivity contribution in [3.05, 3.63) is 0 Å². The number of hydrogen-bond donors (Lipinski definition) is 2. The van der Waals surface area contributed by atoms with E-state index in [1.807, 2.05) is 7.11 Å². The molecular weight excluding hydrogens is 188 g/mol. The van der Waals surface area contributed by atoms with E-state index >= 15 is 0 Å². The van der Waals surface area contributed by atoms with E-state index in [0.717, 1.165) is 12.5 Å². The van der Waals surface area contributed by atoms with Crippen LogP contribution in [0.4, 0.5) is 0 Å². The predicted molar refractivity (Wildman–Crippen MR) is 62.1 cm³/mol. The monoisotopic (exact) mass is 212 g/mol. The van der Waals surface area contributed by atoms with E-state index in [1.165, 1.54) is 51.7 Å². The van der Waals surface area contributed by atoms with Gasteiger partial charge in [0.1, 0.15) is 0 Å². The van der Waals surface area contributed by atoms with Gasteiger partial charge in [0.15, 0.2) is 0 Å². The van der Waals surface area contributed by atoms with Crippen LogP contribution < -0.4 is 10.6 Å². The lowest BCUT2D eigenvalue weighted by atomic mass is 9.82. The Bertz CT molecular complexity index is 184. The third-order valence-electron chi connectivity index (χ3n) is 3.89. The second-order valence-electron chi connectivity index (χ2n) is 5.14. The first kappa shape index (κ1) is 11.4. The number of methoxy groups -OCH3 is 1. The lowest BCUT2D eigenvalue weighted by Crippen LogP contribution is -2.46. The van der Waals surface area contributed by atoms with Crippen molar-refractivity contribution in [3.63, 3.8) is 0 Å². The van der Waals surface area contributed by atoms with Crippen molar-refractivity contribution in [2.24, 2.45) is 5.92 Å². The Morgan fingerprint density at radius 3 is 2.67 bits per heavy atom. The summed E-state index contributed by atoms with van der Waals surface area (Å²) in [6.45, 7) is 4.46. The highest BCUT2D eigenvalue weighted by atomic mass is 16.5. The lowest BCUT2D eigenvalue weighted by molar-refractivity contribution is 0.0977. The number of rotatable bonds is 4. The van der Waals surface area contributed by atoms with Gasteiger partial charge in [0.2, 0.25) is 0 Å². The van der Waals surface area contributed by atoms with Gasteiger partial charge in [-0.15, -0.1) is 0 Å². The molecule has 0 radical (unpaired) electrons. The molecule has 2 heterocycles. The zero-order valence-electron chi connectivity index (χ0n) is 9.85. The molecule has 2 aliphatic heterocycles. The molecule has 0 aromatic carbocycles. The summed E-state index contributed by atoms with van der Waals surface area (Å²) in [5.41, 5.74) is 0.302. The SMILES string of the molecule is COCC1(CC2CCNCC2)CCCN1. The van der Waals surface area contributed by atoms with Gasteiger partial charge >= 0.3 is 0 Å². The summed E-state index contributed by atoms with van der Waals surface area (Å²) in [5.74, 6) is 0.895. The van der Waals surface area contributed by atoms with E-state index in [4.69, 9.17) is 4.74 Å². The van der Waals surface area contributed by atoms with E-state index in [0.29, 0.717) is 5.54 Å². The molecule has 2 N–H and O–H groups in total. The van der Waals surface area contributed by atoms with Gasteiger partial charge < -0.3 is 15.4 Å². The lowest BCUT2D eigenvalue weighted by Gasteiger charge is -2.34. The molecule has 3 heteroatoms. The number of ether oxygens (including phenoxy) is 1. The highest BCUT2D eigenvalue weighted by Gasteiger charge is 2.35. The molecule has 0 spiro atoms. The average Bonchev–Trinajstić information content (AvgIpc) is 2.69. The van der Waals surface area contributed by atoms with Crippen LogP contribution in [-0.2, 0) is 4.74 Å². The van der Waals surface area contributed by atoms with Gasteiger partial charge in [-0.05, 0) is 57.7 Å². The van der Waals surface area contributed by atoms with E-state index in [1.54, 1.807) is 0 Å². The van der Waals surface area contributed by atoms with Crippen molar-refractivity contribution >= 4 is 0 Å². The molecule has 88 valence electrons. The third-order valence-corrected chi connectivity index (χ3v) is 3.89. The molecule has 2 rings (SSSR count). The molecule has 0 bridgehead atoms. The van der Waals surface area contributed by atoms with Crippen molar-refractivity contribution in [2.45, 2.75) is 37.6 Å². The highest BCUT2D eigenvalue weighted by molar-refractivity contribution is 4.95. The molecule has 0 aliphatic carbocycles. The number of hydrogen-bond acceptors (Lipinski definition) is 3. The molecule has 0 saturated carbocycles. The van der Waals surface area contributed by atoms with Gasteiger partial charge in [0.05, 0.1) is 6.61 Å². The summed E-state index contributed by atoms with van der Waals surface area (Å²) >= 11 is 0. The molecule has 2 aliphatic rings. The summed E-state index contributed by atoms with van der Waals surface area (Å²) < 4.78 is 5.39. The molecule has 0 aromatic rings. The predicted octanol–water partition coefficient (Wildman–Crippen LogP) is 1.14. The fraction of sp³-hybridized carbons (Fsp3) is 1.00. The van der Waals surface area contributed by atoms with E-state index in [9.17, 15) is 0 Å². The number of piperidine rings is 1. The standard InChI is InChI=1S/C12H24N2O/c1-15-10-12(5-2-6-14-12)9-11-3-7-13-8-4-11/h11,13-14H,2-10H2,1H3. The van der Waals surface area contributed by atoms with Crippen LogP contribution in [0.2, 0.25) is 0 Å². The van der Waals surface area contributed by atoms with Crippen LogP contribution in [-0.4, -0.2) is 38.9 Å². The van der Waals surface area contributed by atoms with Crippen molar-refractivity contribution in [1.82, 2.24) is 10.6 Å². The highest BCUT2D eigenvalue weighted by Crippen LogP contribution is 2.30. The van der Waals surface area contributed by atoms with Crippen LogP contribution >= 0.6 is 0 Å². The van der Waals surface area contributed by atoms with E-state index in [-0.39, 0.29) is 0 Å². The maximum absolute atomic E-state index is 5.39. The van der Waals surface area contributed by atoms with E-state index in [2.05, 4.69) is 10.6 Å². The molecule has 2 saturated heterocycles. The zero-order chi connectivity index (χ0) is 10.6. The van der Waals surface area contributed by atoms with Gasteiger partial charge in [-0.1, -0.05) is 0 Å². The fourth-order valence-corrected chi connectivity index (χ4v) is 3.14.